The Balaban J connectivity index is 1.33. The fraction of sp³-hybridized carbons (Fsp3) is 0.250. The van der Waals surface area contributed by atoms with E-state index in [0.29, 0.717) is 16.3 Å². The first-order valence-corrected chi connectivity index (χ1v) is 13.8. The number of carbonyl (C=O) groups excluding carboxylic acids is 4. The molecule has 3 aromatic heterocycles. The summed E-state index contributed by atoms with van der Waals surface area (Å²) in [7, 11) is 0. The van der Waals surface area contributed by atoms with E-state index in [0.717, 1.165) is 16.2 Å². The molecule has 19 heteroatoms. The quantitative estimate of drug-likeness (QED) is 0.0415. The van der Waals surface area contributed by atoms with Gasteiger partial charge in [0.25, 0.3) is 23.4 Å². The van der Waals surface area contributed by atoms with Gasteiger partial charge in [-0.3, -0.25) is 29.3 Å². The molecule has 0 aromatic carbocycles. The number of Topliss-reactive ketones (excluding diaryl/α,β-unsaturated/α-hetero) is 1. The molecule has 5 rings (SSSR count). The zero-order valence-corrected chi connectivity index (χ0v) is 22.1. The fourth-order valence-electron chi connectivity index (χ4n) is 3.87. The number of amides is 3. The van der Waals surface area contributed by atoms with E-state index in [9.17, 15) is 29.1 Å². The van der Waals surface area contributed by atoms with Crippen molar-refractivity contribution in [2.45, 2.75) is 23.4 Å². The number of rotatable bonds is 8. The Morgan fingerprint density at radius 2 is 2.03 bits per heavy atom. The first-order valence-electron chi connectivity index (χ1n) is 10.9. The summed E-state index contributed by atoms with van der Waals surface area (Å²) in [6.45, 7) is 1.70. The fourth-order valence-corrected chi connectivity index (χ4v) is 6.95. The third-order valence-corrected chi connectivity index (χ3v) is 8.70. The predicted octanol–water partition coefficient (Wildman–Crippen LogP) is -0.696. The molecule has 5 heterocycles. The first kappa shape index (κ1) is 26.5. The van der Waals surface area contributed by atoms with Gasteiger partial charge < -0.3 is 16.2 Å². The summed E-state index contributed by atoms with van der Waals surface area (Å²) >= 11 is 3.43. The smallest absolute Gasteiger partial charge is 0.352 e. The number of carboxylic acid groups (broad SMARTS) is 1. The molecule has 0 radical (unpaired) electrons. The molecule has 39 heavy (non-hydrogen) atoms. The van der Waals surface area contributed by atoms with Crippen molar-refractivity contribution in [2.24, 2.45) is 0 Å². The van der Waals surface area contributed by atoms with Gasteiger partial charge in [-0.2, -0.15) is 9.50 Å². The Morgan fingerprint density at radius 1 is 1.26 bits per heavy atom. The number of hydrogen-bond donors (Lipinski definition) is 5. The van der Waals surface area contributed by atoms with E-state index in [4.69, 9.17) is 10.9 Å². The number of thioether (sulfide) groups is 2. The number of β-lactam (4-membered cyclic amide) rings is 1. The molecule has 6 N–H and O–H groups in total. The lowest BCUT2D eigenvalue weighted by Gasteiger charge is -2.49. The number of fused-ring (bicyclic) bond motifs is 2. The van der Waals surface area contributed by atoms with E-state index in [2.05, 4.69) is 25.4 Å². The normalized spacial score (nSPS) is 18.5. The molecule has 202 valence electrons. The molecular formula is C20H17N9O7S3. The number of aliphatic carboxylic acids is 1. The van der Waals surface area contributed by atoms with Gasteiger partial charge in [0.1, 0.15) is 27.8 Å². The molecule has 0 bridgehead atoms. The zero-order chi connectivity index (χ0) is 28.0. The van der Waals surface area contributed by atoms with E-state index in [-0.39, 0.29) is 39.6 Å². The van der Waals surface area contributed by atoms with Crippen LogP contribution in [0.15, 0.2) is 27.7 Å². The number of aryl methyl sites for hydroxylation is 1. The lowest BCUT2D eigenvalue weighted by molar-refractivity contribution is -0.150. The van der Waals surface area contributed by atoms with Gasteiger partial charge in [0.2, 0.25) is 5.82 Å². The number of hydrogen-bond acceptors (Lipinski definition) is 14. The number of nitrogen functional groups attached to an aromatic ring is 1. The van der Waals surface area contributed by atoms with Crippen LogP contribution in [0.5, 0.6) is 0 Å². The number of nitrogens with one attached hydrogen (secondary N) is 2. The van der Waals surface area contributed by atoms with Crippen LogP contribution >= 0.6 is 34.9 Å². The average Bonchev–Trinajstić information content (AvgIpc) is 3.54. The minimum Gasteiger partial charge on any atom is -0.477 e. The Labute approximate surface area is 230 Å². The van der Waals surface area contributed by atoms with Crippen molar-refractivity contribution < 1.29 is 34.3 Å². The number of carboxylic acids is 1. The average molecular weight is 592 g/mol. The van der Waals surface area contributed by atoms with Gasteiger partial charge >= 0.3 is 11.9 Å². The minimum atomic E-state index is -1.32. The van der Waals surface area contributed by atoms with Crippen LogP contribution in [0.1, 0.15) is 26.8 Å². The number of aromatic nitrogens is 5. The summed E-state index contributed by atoms with van der Waals surface area (Å²) in [6.07, 6.45) is 0. The number of carbonyl (C=O) groups is 5. The maximum Gasteiger partial charge on any atom is 0.352 e. The number of nitrogens with two attached hydrogens (primary N) is 1. The van der Waals surface area contributed by atoms with E-state index in [1.165, 1.54) is 38.9 Å². The van der Waals surface area contributed by atoms with Gasteiger partial charge in [-0.05, 0) is 18.6 Å². The molecular weight excluding hydrogens is 574 g/mol. The van der Waals surface area contributed by atoms with E-state index >= 15 is 0 Å². The Bertz CT molecular complexity index is 1600. The van der Waals surface area contributed by atoms with Crippen molar-refractivity contribution in [3.63, 3.8) is 0 Å². The summed E-state index contributed by atoms with van der Waals surface area (Å²) in [5.74, 6) is -4.72. The van der Waals surface area contributed by atoms with Crippen molar-refractivity contribution in [2.75, 3.05) is 17.2 Å². The van der Waals surface area contributed by atoms with Gasteiger partial charge in [-0.15, -0.1) is 40.0 Å². The SMILES string of the molecule is Cc1cc(SCC2=C(C(=O)O)N3C(=O)[C@@H](NC(=O)C(=O)c4csc(N)n4)[C@H]3SC2)n2nc(C(=O)NO)nc2n1. The number of nitrogens with zero attached hydrogens (tertiary/aromatic N) is 6. The highest BCUT2D eigenvalue weighted by Gasteiger charge is 2.54. The lowest BCUT2D eigenvalue weighted by atomic mass is 10.0. The second-order valence-corrected chi connectivity index (χ2v) is 11.1. The highest BCUT2D eigenvalue weighted by Crippen LogP contribution is 2.41. The van der Waals surface area contributed by atoms with Crippen LogP contribution in [0.2, 0.25) is 0 Å². The molecule has 2 aliphatic heterocycles. The lowest BCUT2D eigenvalue weighted by Crippen LogP contribution is -2.71. The van der Waals surface area contributed by atoms with Crippen LogP contribution in [0.3, 0.4) is 0 Å². The molecule has 0 unspecified atom stereocenters. The Hall–Kier alpha value is -4.07. The van der Waals surface area contributed by atoms with Crippen molar-refractivity contribution in [1.82, 2.24) is 40.3 Å². The molecule has 0 spiro atoms. The maximum absolute atomic E-state index is 12.9. The van der Waals surface area contributed by atoms with E-state index in [1.54, 1.807) is 13.0 Å². The predicted molar refractivity (Wildman–Crippen MR) is 136 cm³/mol. The molecule has 3 aromatic rings. The molecule has 1 saturated heterocycles. The molecule has 0 aliphatic carbocycles. The van der Waals surface area contributed by atoms with E-state index in [1.807, 2.05) is 0 Å². The van der Waals surface area contributed by atoms with Crippen molar-refractivity contribution >= 4 is 75.2 Å². The Morgan fingerprint density at radius 3 is 2.69 bits per heavy atom. The monoisotopic (exact) mass is 591 g/mol. The third kappa shape index (κ3) is 4.80. The summed E-state index contributed by atoms with van der Waals surface area (Å²) in [4.78, 5) is 74.5. The zero-order valence-electron chi connectivity index (χ0n) is 19.6. The van der Waals surface area contributed by atoms with Crippen LogP contribution in [-0.4, -0.2) is 92.2 Å². The van der Waals surface area contributed by atoms with Gasteiger partial charge in [-0.1, -0.05) is 0 Å². The second kappa shape index (κ2) is 10.2. The summed E-state index contributed by atoms with van der Waals surface area (Å²) in [6, 6.07) is 0.583. The van der Waals surface area contributed by atoms with Crippen LogP contribution in [0.4, 0.5) is 5.13 Å². The summed E-state index contributed by atoms with van der Waals surface area (Å²) in [5, 5.41) is 26.4. The third-order valence-electron chi connectivity index (χ3n) is 5.60. The Kier molecular flexibility index (Phi) is 6.97. The molecule has 2 aliphatic rings. The molecule has 2 atom stereocenters. The number of hydroxylamine groups is 1. The summed E-state index contributed by atoms with van der Waals surface area (Å²) < 4.78 is 1.29. The molecule has 1 fully saturated rings. The molecule has 16 nitrogen and oxygen atoms in total. The van der Waals surface area contributed by atoms with Gasteiger partial charge in [-0.25, -0.2) is 20.2 Å². The van der Waals surface area contributed by atoms with Gasteiger partial charge in [0, 0.05) is 22.6 Å². The number of thiazole rings is 1. The second-order valence-electron chi connectivity index (χ2n) is 8.13. The van der Waals surface area contributed by atoms with Crippen molar-refractivity contribution in [3.8, 4) is 0 Å². The van der Waals surface area contributed by atoms with E-state index < -0.39 is 40.9 Å². The number of ketones is 1. The van der Waals surface area contributed by atoms with Crippen LogP contribution in [-0.2, 0) is 14.4 Å². The molecule has 3 amide bonds. The first-order chi connectivity index (χ1) is 18.6. The largest absolute Gasteiger partial charge is 0.477 e. The summed E-state index contributed by atoms with van der Waals surface area (Å²) in [5.41, 5.74) is 7.60. The number of anilines is 1. The van der Waals surface area contributed by atoms with Crippen LogP contribution in [0, 0.1) is 6.92 Å². The van der Waals surface area contributed by atoms with Crippen molar-refractivity contribution in [3.05, 3.63) is 39.9 Å². The van der Waals surface area contributed by atoms with Gasteiger partial charge in [0.15, 0.2) is 5.13 Å². The van der Waals surface area contributed by atoms with Crippen molar-refractivity contribution in [1.29, 1.82) is 0 Å². The highest BCUT2D eigenvalue weighted by atomic mass is 32.2. The topological polar surface area (TPSA) is 235 Å². The maximum atomic E-state index is 12.9. The minimum absolute atomic E-state index is 0.105. The van der Waals surface area contributed by atoms with Crippen LogP contribution in [0.25, 0.3) is 5.78 Å². The molecule has 0 saturated carbocycles. The van der Waals surface area contributed by atoms with Gasteiger partial charge in [0.05, 0.1) is 0 Å². The highest BCUT2D eigenvalue weighted by molar-refractivity contribution is 8.01. The van der Waals surface area contributed by atoms with Crippen LogP contribution < -0.4 is 16.5 Å². The standard InChI is InChI=1S/C20H17N9O7S3/c1-6-2-9(29-20(22-6)25-13(26-29)15(32)27-36)37-3-7-4-38-17-10(16(33)28(17)11(7)18(34)35)24-14(31)12(30)8-5-39-19(21)23-8/h2,5,10,17,36H,3-4H2,1H3,(H2,21,23)(H,24,31)(H,27,32)(H,34,35)/t10-,17-/m1/s1.